The predicted octanol–water partition coefficient (Wildman–Crippen LogP) is 5.57. The number of aryl methyl sites for hydroxylation is 1. The van der Waals surface area contributed by atoms with Crippen LogP contribution >= 0.6 is 22.7 Å². The summed E-state index contributed by atoms with van der Waals surface area (Å²) < 4.78 is 26.5. The highest BCUT2D eigenvalue weighted by Gasteiger charge is 2.25. The summed E-state index contributed by atoms with van der Waals surface area (Å²) in [5, 5.41) is 24.0. The lowest BCUT2D eigenvalue weighted by Crippen LogP contribution is -2.21. The van der Waals surface area contributed by atoms with Crippen molar-refractivity contribution >= 4 is 60.8 Å². The van der Waals surface area contributed by atoms with Crippen LogP contribution in [0.15, 0.2) is 48.5 Å². The van der Waals surface area contributed by atoms with Crippen molar-refractivity contribution in [2.24, 2.45) is 0 Å². The maximum Gasteiger partial charge on any atom is 0.358 e. The lowest BCUT2D eigenvalue weighted by atomic mass is 10.2. The third-order valence-electron chi connectivity index (χ3n) is 6.69. The van der Waals surface area contributed by atoms with E-state index in [-0.39, 0.29) is 31.1 Å². The first-order chi connectivity index (χ1) is 22.6. The fourth-order valence-corrected chi connectivity index (χ4v) is 6.27. The highest BCUT2D eigenvalue weighted by molar-refractivity contribution is 7.22. The zero-order valence-electron chi connectivity index (χ0n) is 26.6. The minimum Gasteiger partial charge on any atom is -0.488 e. The van der Waals surface area contributed by atoms with Crippen molar-refractivity contribution in [2.75, 3.05) is 51.1 Å². The number of aliphatic hydroxyl groups excluding tert-OH is 1. The van der Waals surface area contributed by atoms with Gasteiger partial charge >= 0.3 is 5.97 Å². The first-order valence-corrected chi connectivity index (χ1v) is 16.4. The van der Waals surface area contributed by atoms with Crippen LogP contribution in [0.3, 0.4) is 0 Å². The Kier molecular flexibility index (Phi) is 10.9. The molecule has 0 bridgehead atoms. The summed E-state index contributed by atoms with van der Waals surface area (Å²) in [6.45, 7) is 4.12. The fraction of sp³-hybridized carbons (Fsp3) is 0.303. The second kappa shape index (κ2) is 15.3. The third kappa shape index (κ3) is 8.57. The second-order valence-corrected chi connectivity index (χ2v) is 12.8. The molecule has 1 unspecified atom stereocenters. The maximum absolute atomic E-state index is 14.7. The van der Waals surface area contributed by atoms with Crippen molar-refractivity contribution in [1.29, 1.82) is 0 Å². The van der Waals surface area contributed by atoms with Crippen molar-refractivity contribution in [3.05, 3.63) is 76.0 Å². The number of thiazole rings is 2. The molecule has 0 saturated carbocycles. The molecule has 0 spiro atoms. The van der Waals surface area contributed by atoms with Gasteiger partial charge in [0.25, 0.3) is 0 Å². The number of nitrogens with zero attached hydrogens (tertiary/aromatic N) is 6. The maximum atomic E-state index is 14.7. The van der Waals surface area contributed by atoms with Crippen molar-refractivity contribution in [3.63, 3.8) is 0 Å². The number of ether oxygens (including phenoxy) is 2. The van der Waals surface area contributed by atoms with Crippen LogP contribution in [0.5, 0.6) is 5.75 Å². The van der Waals surface area contributed by atoms with E-state index >= 15 is 0 Å². The number of carbonyl (C=O) groups is 1. The molecule has 0 aliphatic rings. The van der Waals surface area contributed by atoms with Crippen molar-refractivity contribution < 1.29 is 23.8 Å². The van der Waals surface area contributed by atoms with Crippen LogP contribution < -0.4 is 15.0 Å². The Balaban J connectivity index is 1.27. The van der Waals surface area contributed by atoms with Crippen LogP contribution in [-0.4, -0.2) is 83.1 Å². The molecule has 0 aliphatic heterocycles. The first kappa shape index (κ1) is 33.7. The van der Waals surface area contributed by atoms with Crippen molar-refractivity contribution in [1.82, 2.24) is 25.1 Å². The third-order valence-corrected chi connectivity index (χ3v) is 8.79. The summed E-state index contributed by atoms with van der Waals surface area (Å²) in [7, 11) is 5.56. The molecule has 0 radical (unpaired) electrons. The number of nitrogens with one attached hydrogen (secondary N) is 1. The van der Waals surface area contributed by atoms with E-state index < -0.39 is 17.9 Å². The Bertz CT molecular complexity index is 1900. The molecule has 244 valence electrons. The smallest absolute Gasteiger partial charge is 0.358 e. The number of fused-ring (bicyclic) bond motifs is 1. The van der Waals surface area contributed by atoms with Crippen LogP contribution in [0.4, 0.5) is 26.3 Å². The number of esters is 1. The summed E-state index contributed by atoms with van der Waals surface area (Å²) >= 11 is 2.73. The Morgan fingerprint density at radius 2 is 1.91 bits per heavy atom. The van der Waals surface area contributed by atoms with Gasteiger partial charge in [0.15, 0.2) is 39.2 Å². The zero-order valence-corrected chi connectivity index (χ0v) is 28.2. The van der Waals surface area contributed by atoms with Gasteiger partial charge < -0.3 is 24.8 Å². The Hall–Kier alpha value is -4.68. The van der Waals surface area contributed by atoms with Crippen LogP contribution in [0.2, 0.25) is 0 Å². The molecular formula is C33H34FN7O4S2. The molecule has 0 saturated heterocycles. The summed E-state index contributed by atoms with van der Waals surface area (Å²) in [4.78, 5) is 26.1. The number of hydrogen-bond acceptors (Lipinski definition) is 13. The number of para-hydroxylation sites is 1. The molecular weight excluding hydrogens is 642 g/mol. The summed E-state index contributed by atoms with van der Waals surface area (Å²) in [5.74, 6) is 5.74. The highest BCUT2D eigenvalue weighted by Crippen LogP contribution is 2.33. The molecule has 5 aromatic rings. The molecule has 1 atom stereocenters. The number of rotatable bonds is 12. The van der Waals surface area contributed by atoms with E-state index in [1.54, 1.807) is 24.9 Å². The number of halogens is 1. The Labute approximate surface area is 280 Å². The van der Waals surface area contributed by atoms with Crippen LogP contribution in [0.1, 0.15) is 33.4 Å². The lowest BCUT2D eigenvalue weighted by molar-refractivity contribution is 0.0517. The zero-order chi connectivity index (χ0) is 33.5. The summed E-state index contributed by atoms with van der Waals surface area (Å²) in [6.07, 6.45) is -1.03. The van der Waals surface area contributed by atoms with E-state index in [1.165, 1.54) is 34.8 Å². The molecule has 3 heterocycles. The number of aliphatic hydroxyl groups is 1. The monoisotopic (exact) mass is 675 g/mol. The number of aromatic nitrogens is 4. The van der Waals surface area contributed by atoms with Crippen molar-refractivity contribution in [2.45, 2.75) is 26.4 Å². The van der Waals surface area contributed by atoms with Crippen molar-refractivity contribution in [3.8, 4) is 17.6 Å². The molecule has 5 rings (SSSR count). The predicted molar refractivity (Wildman–Crippen MR) is 183 cm³/mol. The SMILES string of the molecule is CCOC(=O)c1nc(N(C)c2cc(C)c(Nc3nc4ccccc4s3)nn2)sc1CC(O)COc1ccc(C#CCN(C)C)cc1F. The Morgan fingerprint density at radius 3 is 2.64 bits per heavy atom. The normalized spacial score (nSPS) is 11.7. The number of hydrogen-bond donors (Lipinski definition) is 2. The molecule has 14 heteroatoms. The molecule has 0 fully saturated rings. The van der Waals surface area contributed by atoms with Gasteiger partial charge in [-0.05, 0) is 69.9 Å². The van der Waals surface area contributed by atoms with Gasteiger partial charge in [0, 0.05) is 23.9 Å². The van der Waals surface area contributed by atoms with Gasteiger partial charge in [-0.3, -0.25) is 4.90 Å². The highest BCUT2D eigenvalue weighted by atomic mass is 32.1. The quantitative estimate of drug-likeness (QED) is 0.127. The van der Waals surface area contributed by atoms with Gasteiger partial charge in [0.1, 0.15) is 6.61 Å². The molecule has 3 aromatic heterocycles. The summed E-state index contributed by atoms with van der Waals surface area (Å²) in [6, 6.07) is 14.2. The van der Waals surface area contributed by atoms with Gasteiger partial charge in [0.05, 0.1) is 29.5 Å². The largest absolute Gasteiger partial charge is 0.488 e. The van der Waals surface area contributed by atoms with E-state index in [0.29, 0.717) is 38.9 Å². The molecule has 11 nitrogen and oxygen atoms in total. The summed E-state index contributed by atoms with van der Waals surface area (Å²) in [5.41, 5.74) is 2.34. The molecule has 2 N–H and O–H groups in total. The average Bonchev–Trinajstić information content (AvgIpc) is 3.65. The minimum atomic E-state index is -1.06. The van der Waals surface area contributed by atoms with Gasteiger partial charge in [-0.15, -0.1) is 21.5 Å². The molecule has 0 aliphatic carbocycles. The van der Waals surface area contributed by atoms with E-state index in [2.05, 4.69) is 37.3 Å². The van der Waals surface area contributed by atoms with Gasteiger partial charge in [-0.25, -0.2) is 19.2 Å². The fourth-order valence-electron chi connectivity index (χ4n) is 4.32. The minimum absolute atomic E-state index is 0.00688. The van der Waals surface area contributed by atoms with E-state index in [9.17, 15) is 14.3 Å². The van der Waals surface area contributed by atoms with Gasteiger partial charge in [-0.2, -0.15) is 0 Å². The van der Waals surface area contributed by atoms with E-state index in [0.717, 1.165) is 15.8 Å². The lowest BCUT2D eigenvalue weighted by Gasteiger charge is -2.15. The number of anilines is 4. The van der Waals surface area contributed by atoms with Crippen LogP contribution in [-0.2, 0) is 11.2 Å². The van der Waals surface area contributed by atoms with Gasteiger partial charge in [0.2, 0.25) is 0 Å². The topological polar surface area (TPSA) is 126 Å². The molecule has 47 heavy (non-hydrogen) atoms. The first-order valence-electron chi connectivity index (χ1n) is 14.7. The number of carbonyl (C=O) groups excluding carboxylic acids is 1. The molecule has 0 amide bonds. The molecule has 2 aromatic carbocycles. The van der Waals surface area contributed by atoms with E-state index in [1.807, 2.05) is 56.3 Å². The standard InChI is InChI=1S/C33H34FN7O4S2/c1-6-44-31(43)29-27(18-22(42)19-45-25-14-13-21(17-23(25)34)10-9-15-40(3)4)47-33(36-29)41(5)28-16-20(2)30(39-38-28)37-32-35-24-11-7-8-12-26(24)46-32/h7-8,11-14,16-17,22,42H,6,15,18-19H2,1-5H3,(H,35,37,39). The Morgan fingerprint density at radius 1 is 1.11 bits per heavy atom. The van der Waals surface area contributed by atoms with Crippen LogP contribution in [0, 0.1) is 24.6 Å². The van der Waals surface area contributed by atoms with Crippen LogP contribution in [0.25, 0.3) is 10.2 Å². The average molecular weight is 676 g/mol. The number of benzene rings is 2. The van der Waals surface area contributed by atoms with Gasteiger partial charge in [-0.1, -0.05) is 35.3 Å². The van der Waals surface area contributed by atoms with E-state index in [4.69, 9.17) is 9.47 Å². The second-order valence-electron chi connectivity index (χ2n) is 10.7.